The van der Waals surface area contributed by atoms with Gasteiger partial charge in [-0.25, -0.2) is 0 Å². The van der Waals surface area contributed by atoms with Crippen molar-refractivity contribution in [2.75, 3.05) is 26.2 Å². The maximum absolute atomic E-state index is 12.5. The van der Waals surface area contributed by atoms with Gasteiger partial charge in [0.2, 0.25) is 5.91 Å². The molecule has 3 rings (SSSR count). The summed E-state index contributed by atoms with van der Waals surface area (Å²) in [5.74, 6) is 0.0872. The molecular formula is C21H28N4O. The maximum Gasteiger partial charge on any atom is 0.246 e. The summed E-state index contributed by atoms with van der Waals surface area (Å²) < 4.78 is 1.94. The summed E-state index contributed by atoms with van der Waals surface area (Å²) in [6.45, 7) is 11.4. The lowest BCUT2D eigenvalue weighted by Crippen LogP contribution is -2.47. The first kappa shape index (κ1) is 18.4. The fourth-order valence-corrected chi connectivity index (χ4v) is 3.36. The second kappa shape index (κ2) is 8.32. The van der Waals surface area contributed by atoms with Crippen LogP contribution in [0, 0.1) is 13.8 Å². The Bertz CT molecular complexity index is 785. The predicted molar refractivity (Wildman–Crippen MR) is 105 cm³/mol. The summed E-state index contributed by atoms with van der Waals surface area (Å²) in [5.41, 5.74) is 4.81. The molecule has 1 fully saturated rings. The van der Waals surface area contributed by atoms with Crippen molar-refractivity contribution >= 4 is 12.0 Å². The van der Waals surface area contributed by atoms with E-state index in [2.05, 4.69) is 48.1 Å². The Hall–Kier alpha value is -2.40. The van der Waals surface area contributed by atoms with Gasteiger partial charge in [0.05, 0.1) is 6.20 Å². The van der Waals surface area contributed by atoms with Gasteiger partial charge in [-0.05, 0) is 38.0 Å². The van der Waals surface area contributed by atoms with Gasteiger partial charge in [0, 0.05) is 56.6 Å². The molecule has 2 aromatic rings. The number of rotatable bonds is 5. The van der Waals surface area contributed by atoms with Crippen molar-refractivity contribution in [3.05, 3.63) is 58.9 Å². The van der Waals surface area contributed by atoms with Crippen LogP contribution in [0.3, 0.4) is 0 Å². The first-order valence-electron chi connectivity index (χ1n) is 9.34. The van der Waals surface area contributed by atoms with Gasteiger partial charge < -0.3 is 4.90 Å². The number of aromatic nitrogens is 2. The molecule has 0 atom stereocenters. The minimum atomic E-state index is 0.0872. The highest BCUT2D eigenvalue weighted by Gasteiger charge is 2.20. The van der Waals surface area contributed by atoms with Gasteiger partial charge in [0.15, 0.2) is 0 Å². The Balaban J connectivity index is 1.52. The smallest absolute Gasteiger partial charge is 0.246 e. The number of amides is 1. The van der Waals surface area contributed by atoms with Crippen LogP contribution in [0.5, 0.6) is 0 Å². The number of aryl methyl sites for hydroxylation is 2. The molecule has 5 nitrogen and oxygen atoms in total. The Labute approximate surface area is 155 Å². The van der Waals surface area contributed by atoms with Crippen molar-refractivity contribution in [2.24, 2.45) is 0 Å². The normalized spacial score (nSPS) is 15.7. The van der Waals surface area contributed by atoms with E-state index in [0.29, 0.717) is 0 Å². The molecule has 0 aliphatic carbocycles. The molecule has 0 bridgehead atoms. The minimum Gasteiger partial charge on any atom is -0.337 e. The monoisotopic (exact) mass is 352 g/mol. The van der Waals surface area contributed by atoms with E-state index < -0.39 is 0 Å². The van der Waals surface area contributed by atoms with Gasteiger partial charge in [0.25, 0.3) is 0 Å². The Kier molecular flexibility index (Phi) is 5.89. The zero-order valence-electron chi connectivity index (χ0n) is 16.0. The second-order valence-electron chi connectivity index (χ2n) is 6.86. The molecule has 0 unspecified atom stereocenters. The Morgan fingerprint density at radius 2 is 1.88 bits per heavy atom. The summed E-state index contributed by atoms with van der Waals surface area (Å²) in [5, 5.41) is 4.32. The summed E-state index contributed by atoms with van der Waals surface area (Å²) in [4.78, 5) is 16.8. The van der Waals surface area contributed by atoms with Crippen LogP contribution in [0.25, 0.3) is 6.08 Å². The molecule has 1 aliphatic heterocycles. The fraction of sp³-hybridized carbons (Fsp3) is 0.429. The van der Waals surface area contributed by atoms with Gasteiger partial charge >= 0.3 is 0 Å². The third-order valence-corrected chi connectivity index (χ3v) is 5.19. The Morgan fingerprint density at radius 1 is 1.15 bits per heavy atom. The molecule has 0 N–H and O–H groups in total. The van der Waals surface area contributed by atoms with E-state index >= 15 is 0 Å². The molecule has 1 amide bonds. The highest BCUT2D eigenvalue weighted by atomic mass is 16.2. The number of carbonyl (C=O) groups is 1. The second-order valence-corrected chi connectivity index (χ2v) is 6.86. The molecule has 1 aromatic heterocycles. The molecule has 138 valence electrons. The third-order valence-electron chi connectivity index (χ3n) is 5.19. The van der Waals surface area contributed by atoms with Crippen LogP contribution >= 0.6 is 0 Å². The van der Waals surface area contributed by atoms with E-state index in [-0.39, 0.29) is 5.91 Å². The number of hydrogen-bond acceptors (Lipinski definition) is 3. The third kappa shape index (κ3) is 4.22. The average molecular weight is 352 g/mol. The van der Waals surface area contributed by atoms with Crippen LogP contribution < -0.4 is 0 Å². The van der Waals surface area contributed by atoms with Gasteiger partial charge in [-0.2, -0.15) is 5.10 Å². The first-order valence-corrected chi connectivity index (χ1v) is 9.34. The number of nitrogens with zero attached hydrogens (tertiary/aromatic N) is 4. The molecule has 0 spiro atoms. The number of benzene rings is 1. The maximum atomic E-state index is 12.5. The Morgan fingerprint density at radius 3 is 2.54 bits per heavy atom. The topological polar surface area (TPSA) is 41.4 Å². The molecule has 1 aliphatic rings. The van der Waals surface area contributed by atoms with Gasteiger partial charge in [-0.15, -0.1) is 0 Å². The predicted octanol–water partition coefficient (Wildman–Crippen LogP) is 2.88. The highest BCUT2D eigenvalue weighted by Crippen LogP contribution is 2.13. The van der Waals surface area contributed by atoms with Crippen molar-refractivity contribution in [1.82, 2.24) is 19.6 Å². The molecule has 1 aromatic carbocycles. The molecule has 0 radical (unpaired) electrons. The van der Waals surface area contributed by atoms with Gasteiger partial charge in [-0.3, -0.25) is 14.4 Å². The van der Waals surface area contributed by atoms with E-state index in [1.54, 1.807) is 6.08 Å². The SMILES string of the molecule is CCn1ncc(/C=C/C(=O)N2CCN(Cc3ccccc3C)CC2)c1C. The number of piperazine rings is 1. The average Bonchev–Trinajstić information content (AvgIpc) is 3.02. The van der Waals surface area contributed by atoms with Crippen molar-refractivity contribution in [3.8, 4) is 0 Å². The van der Waals surface area contributed by atoms with E-state index in [9.17, 15) is 4.79 Å². The first-order chi connectivity index (χ1) is 12.6. The summed E-state index contributed by atoms with van der Waals surface area (Å²) in [6.07, 6.45) is 5.39. The lowest BCUT2D eigenvalue weighted by atomic mass is 10.1. The quantitative estimate of drug-likeness (QED) is 0.777. The van der Waals surface area contributed by atoms with E-state index in [0.717, 1.165) is 50.5 Å². The number of carbonyl (C=O) groups excluding carboxylic acids is 1. The van der Waals surface area contributed by atoms with E-state index in [1.165, 1.54) is 11.1 Å². The molecular weight excluding hydrogens is 324 g/mol. The van der Waals surface area contributed by atoms with E-state index in [4.69, 9.17) is 0 Å². The zero-order valence-corrected chi connectivity index (χ0v) is 16.0. The lowest BCUT2D eigenvalue weighted by molar-refractivity contribution is -0.127. The van der Waals surface area contributed by atoms with Crippen LogP contribution in [0.15, 0.2) is 36.5 Å². The van der Waals surface area contributed by atoms with Crippen molar-refractivity contribution in [3.63, 3.8) is 0 Å². The van der Waals surface area contributed by atoms with Crippen LogP contribution in [0.4, 0.5) is 0 Å². The number of hydrogen-bond donors (Lipinski definition) is 0. The van der Waals surface area contributed by atoms with Crippen LogP contribution in [0.1, 0.15) is 29.3 Å². The molecule has 0 saturated carbocycles. The fourth-order valence-electron chi connectivity index (χ4n) is 3.36. The van der Waals surface area contributed by atoms with Crippen molar-refractivity contribution in [2.45, 2.75) is 33.9 Å². The molecule has 5 heteroatoms. The molecule has 2 heterocycles. The zero-order chi connectivity index (χ0) is 18.5. The summed E-state index contributed by atoms with van der Waals surface area (Å²) in [7, 11) is 0. The van der Waals surface area contributed by atoms with Crippen LogP contribution in [0.2, 0.25) is 0 Å². The van der Waals surface area contributed by atoms with Crippen molar-refractivity contribution in [1.29, 1.82) is 0 Å². The van der Waals surface area contributed by atoms with Gasteiger partial charge in [0.1, 0.15) is 0 Å². The lowest BCUT2D eigenvalue weighted by Gasteiger charge is -2.34. The summed E-state index contributed by atoms with van der Waals surface area (Å²) in [6, 6.07) is 8.51. The van der Waals surface area contributed by atoms with Gasteiger partial charge in [-0.1, -0.05) is 24.3 Å². The van der Waals surface area contributed by atoms with E-state index in [1.807, 2.05) is 28.8 Å². The molecule has 1 saturated heterocycles. The minimum absolute atomic E-state index is 0.0872. The highest BCUT2D eigenvalue weighted by molar-refractivity contribution is 5.92. The summed E-state index contributed by atoms with van der Waals surface area (Å²) >= 11 is 0. The van der Waals surface area contributed by atoms with Crippen molar-refractivity contribution < 1.29 is 4.79 Å². The van der Waals surface area contributed by atoms with Crippen LogP contribution in [-0.2, 0) is 17.9 Å². The van der Waals surface area contributed by atoms with Crippen LogP contribution in [-0.4, -0.2) is 51.7 Å². The standard InChI is InChI=1S/C21H28N4O/c1-4-25-18(3)19(15-22-25)9-10-21(26)24-13-11-23(12-14-24)16-20-8-6-5-7-17(20)2/h5-10,15H,4,11-14,16H2,1-3H3/b10-9+. The molecule has 26 heavy (non-hydrogen) atoms. The largest absolute Gasteiger partial charge is 0.337 e.